The Balaban J connectivity index is 2.39. The number of nitrogens with zero attached hydrogens (tertiary/aromatic N) is 1. The molecule has 1 saturated heterocycles. The van der Waals surface area contributed by atoms with E-state index in [9.17, 15) is 14.3 Å². The Morgan fingerprint density at radius 3 is 2.94 bits per heavy atom. The van der Waals surface area contributed by atoms with Gasteiger partial charge in [0.1, 0.15) is 5.82 Å². The lowest BCUT2D eigenvalue weighted by Crippen LogP contribution is -2.40. The summed E-state index contributed by atoms with van der Waals surface area (Å²) in [6, 6.07) is 4.40. The molecule has 1 heterocycles. The minimum Gasteiger partial charge on any atom is -0.478 e. The molecule has 2 rings (SSSR count). The fourth-order valence-electron chi connectivity index (χ4n) is 2.67. The van der Waals surface area contributed by atoms with Gasteiger partial charge in [-0.15, -0.1) is 0 Å². The highest BCUT2D eigenvalue weighted by Gasteiger charge is 2.25. The number of hydrogen-bond donors (Lipinski definition) is 1. The maximum absolute atomic E-state index is 13.2. The van der Waals surface area contributed by atoms with Crippen LogP contribution in [0.25, 0.3) is 0 Å². The van der Waals surface area contributed by atoms with Crippen LogP contribution in [-0.2, 0) is 0 Å². The molecule has 1 atom stereocenters. The van der Waals surface area contributed by atoms with E-state index < -0.39 is 11.8 Å². The second-order valence-electron chi connectivity index (χ2n) is 4.72. The maximum Gasteiger partial charge on any atom is 0.337 e. The van der Waals surface area contributed by atoms with Crippen LogP contribution in [0, 0.1) is 5.82 Å². The highest BCUT2D eigenvalue weighted by Crippen LogP contribution is 2.29. The third-order valence-electron chi connectivity index (χ3n) is 3.60. The van der Waals surface area contributed by atoms with Crippen LogP contribution in [0.4, 0.5) is 10.1 Å². The van der Waals surface area contributed by atoms with E-state index in [2.05, 4.69) is 11.8 Å². The number of rotatable bonds is 3. The Labute approximate surface area is 106 Å². The number of benzene rings is 1. The van der Waals surface area contributed by atoms with Gasteiger partial charge in [-0.05, 0) is 43.9 Å². The quantitative estimate of drug-likeness (QED) is 0.896. The Morgan fingerprint density at radius 1 is 1.50 bits per heavy atom. The molecule has 0 radical (unpaired) electrons. The Bertz CT molecular complexity index is 447. The Kier molecular flexibility index (Phi) is 3.84. The minimum absolute atomic E-state index is 0.0651. The SMILES string of the molecule is CCC1CCCCN1c1ccc(F)cc1C(=O)O. The summed E-state index contributed by atoms with van der Waals surface area (Å²) >= 11 is 0. The molecule has 1 fully saturated rings. The van der Waals surface area contributed by atoms with E-state index in [0.29, 0.717) is 11.7 Å². The van der Waals surface area contributed by atoms with Gasteiger partial charge in [0.2, 0.25) is 0 Å². The second-order valence-corrected chi connectivity index (χ2v) is 4.72. The Hall–Kier alpha value is -1.58. The average molecular weight is 251 g/mol. The van der Waals surface area contributed by atoms with Crippen molar-refractivity contribution in [1.29, 1.82) is 0 Å². The molecule has 1 aliphatic heterocycles. The topological polar surface area (TPSA) is 40.5 Å². The summed E-state index contributed by atoms with van der Waals surface area (Å²) in [7, 11) is 0. The van der Waals surface area contributed by atoms with E-state index in [1.165, 1.54) is 12.5 Å². The first-order valence-electron chi connectivity index (χ1n) is 6.43. The number of anilines is 1. The van der Waals surface area contributed by atoms with Crippen molar-refractivity contribution in [3.8, 4) is 0 Å². The molecule has 0 spiro atoms. The molecule has 0 amide bonds. The van der Waals surface area contributed by atoms with Crippen LogP contribution in [-0.4, -0.2) is 23.7 Å². The van der Waals surface area contributed by atoms with Gasteiger partial charge >= 0.3 is 5.97 Å². The summed E-state index contributed by atoms with van der Waals surface area (Å²) in [6.45, 7) is 2.96. The van der Waals surface area contributed by atoms with Crippen molar-refractivity contribution in [3.05, 3.63) is 29.6 Å². The molecule has 0 aromatic heterocycles. The fourth-order valence-corrected chi connectivity index (χ4v) is 2.67. The molecule has 1 aromatic carbocycles. The van der Waals surface area contributed by atoms with Crippen molar-refractivity contribution < 1.29 is 14.3 Å². The summed E-state index contributed by atoms with van der Waals surface area (Å²) in [4.78, 5) is 13.3. The van der Waals surface area contributed by atoms with Crippen LogP contribution >= 0.6 is 0 Å². The van der Waals surface area contributed by atoms with Gasteiger partial charge in [-0.25, -0.2) is 9.18 Å². The standard InChI is InChI=1S/C14H18FNO2/c1-2-11-5-3-4-8-16(11)13-7-6-10(15)9-12(13)14(17)18/h6-7,9,11H,2-5,8H2,1H3,(H,17,18). The predicted octanol–water partition coefficient (Wildman–Crippen LogP) is 3.29. The average Bonchev–Trinajstić information content (AvgIpc) is 2.38. The van der Waals surface area contributed by atoms with Crippen LogP contribution in [0.3, 0.4) is 0 Å². The van der Waals surface area contributed by atoms with Crippen molar-refractivity contribution >= 4 is 11.7 Å². The zero-order valence-electron chi connectivity index (χ0n) is 10.5. The van der Waals surface area contributed by atoms with Gasteiger partial charge in [-0.1, -0.05) is 6.92 Å². The molecule has 1 N–H and O–H groups in total. The molecule has 0 aliphatic carbocycles. The smallest absolute Gasteiger partial charge is 0.337 e. The molecule has 0 saturated carbocycles. The van der Waals surface area contributed by atoms with Crippen molar-refractivity contribution in [1.82, 2.24) is 0 Å². The van der Waals surface area contributed by atoms with Gasteiger partial charge in [-0.3, -0.25) is 0 Å². The number of aromatic carboxylic acids is 1. The highest BCUT2D eigenvalue weighted by molar-refractivity contribution is 5.94. The number of piperidine rings is 1. The monoisotopic (exact) mass is 251 g/mol. The number of carboxylic acids is 1. The lowest BCUT2D eigenvalue weighted by atomic mass is 9.98. The van der Waals surface area contributed by atoms with Gasteiger partial charge in [0.05, 0.1) is 11.3 Å². The van der Waals surface area contributed by atoms with E-state index >= 15 is 0 Å². The molecule has 98 valence electrons. The molecule has 0 bridgehead atoms. The molecule has 3 nitrogen and oxygen atoms in total. The van der Waals surface area contributed by atoms with Crippen molar-refractivity contribution in [2.45, 2.75) is 38.6 Å². The number of halogens is 1. The summed E-state index contributed by atoms with van der Waals surface area (Å²) in [5.41, 5.74) is 0.714. The van der Waals surface area contributed by atoms with Crippen molar-refractivity contribution in [2.24, 2.45) is 0 Å². The molecule has 1 unspecified atom stereocenters. The van der Waals surface area contributed by atoms with Crippen LogP contribution in [0.15, 0.2) is 18.2 Å². The minimum atomic E-state index is -1.06. The lowest BCUT2D eigenvalue weighted by Gasteiger charge is -2.37. The van der Waals surface area contributed by atoms with Crippen LogP contribution in [0.1, 0.15) is 43.0 Å². The first-order valence-corrected chi connectivity index (χ1v) is 6.43. The zero-order valence-corrected chi connectivity index (χ0v) is 10.5. The van der Waals surface area contributed by atoms with Crippen LogP contribution in [0.2, 0.25) is 0 Å². The molecule has 1 aliphatic rings. The molecular weight excluding hydrogens is 233 g/mol. The van der Waals surface area contributed by atoms with Gasteiger partial charge in [0.15, 0.2) is 0 Å². The summed E-state index contributed by atoms with van der Waals surface area (Å²) in [6.07, 6.45) is 4.30. The zero-order chi connectivity index (χ0) is 13.1. The van der Waals surface area contributed by atoms with Crippen LogP contribution < -0.4 is 4.90 Å². The van der Waals surface area contributed by atoms with E-state index in [0.717, 1.165) is 31.9 Å². The summed E-state index contributed by atoms with van der Waals surface area (Å²) < 4.78 is 13.2. The molecule has 1 aromatic rings. The van der Waals surface area contributed by atoms with Gasteiger partial charge in [0.25, 0.3) is 0 Å². The third-order valence-corrected chi connectivity index (χ3v) is 3.60. The van der Waals surface area contributed by atoms with E-state index in [-0.39, 0.29) is 5.56 Å². The van der Waals surface area contributed by atoms with Crippen molar-refractivity contribution in [3.63, 3.8) is 0 Å². The second kappa shape index (κ2) is 5.38. The molecule has 4 heteroatoms. The third kappa shape index (κ3) is 2.47. The maximum atomic E-state index is 13.2. The molecular formula is C14H18FNO2. The number of carbonyl (C=O) groups is 1. The number of hydrogen-bond acceptors (Lipinski definition) is 2. The first-order chi connectivity index (χ1) is 8.63. The first kappa shape index (κ1) is 12.9. The lowest BCUT2D eigenvalue weighted by molar-refractivity contribution is 0.0697. The van der Waals surface area contributed by atoms with Gasteiger partial charge in [0, 0.05) is 12.6 Å². The van der Waals surface area contributed by atoms with E-state index in [1.807, 2.05) is 0 Å². The van der Waals surface area contributed by atoms with Gasteiger partial charge < -0.3 is 10.0 Å². The Morgan fingerprint density at radius 2 is 2.28 bits per heavy atom. The fraction of sp³-hybridized carbons (Fsp3) is 0.500. The van der Waals surface area contributed by atoms with Gasteiger partial charge in [-0.2, -0.15) is 0 Å². The summed E-state index contributed by atoms with van der Waals surface area (Å²) in [5.74, 6) is -1.56. The van der Waals surface area contributed by atoms with E-state index in [4.69, 9.17) is 0 Å². The predicted molar refractivity (Wildman–Crippen MR) is 68.6 cm³/mol. The normalized spacial score (nSPS) is 19.9. The largest absolute Gasteiger partial charge is 0.478 e. The number of carboxylic acid groups (broad SMARTS) is 1. The highest BCUT2D eigenvalue weighted by atomic mass is 19.1. The van der Waals surface area contributed by atoms with E-state index in [1.54, 1.807) is 6.07 Å². The summed E-state index contributed by atoms with van der Waals surface area (Å²) in [5, 5.41) is 9.19. The van der Waals surface area contributed by atoms with Crippen LogP contribution in [0.5, 0.6) is 0 Å². The van der Waals surface area contributed by atoms with Crippen molar-refractivity contribution in [2.75, 3.05) is 11.4 Å². The molecule has 18 heavy (non-hydrogen) atoms.